The Balaban J connectivity index is 2.42. The highest BCUT2D eigenvalue weighted by molar-refractivity contribution is 7.05. The highest BCUT2D eigenvalue weighted by Crippen LogP contribution is 2.30. The van der Waals surface area contributed by atoms with Gasteiger partial charge in [0.15, 0.2) is 5.75 Å². The van der Waals surface area contributed by atoms with Gasteiger partial charge in [-0.2, -0.15) is 5.10 Å². The van der Waals surface area contributed by atoms with E-state index in [2.05, 4.69) is 27.0 Å². The molecule has 2 aromatic rings. The molecule has 3 N–H and O–H groups in total. The minimum Gasteiger partial charge on any atom is -0.493 e. The van der Waals surface area contributed by atoms with E-state index in [9.17, 15) is 0 Å². The number of rotatable bonds is 6. The van der Waals surface area contributed by atoms with Gasteiger partial charge >= 0.3 is 0 Å². The van der Waals surface area contributed by atoms with Crippen LogP contribution in [-0.4, -0.2) is 26.5 Å². The highest BCUT2D eigenvalue weighted by atomic mass is 32.1. The molecule has 2 aromatic heterocycles. The Labute approximate surface area is 109 Å². The fraction of sp³-hybridized carbons (Fsp3) is 0.500. The van der Waals surface area contributed by atoms with Crippen molar-refractivity contribution in [1.82, 2.24) is 24.8 Å². The van der Waals surface area contributed by atoms with Gasteiger partial charge in [-0.25, -0.2) is 5.43 Å². The third-order valence-corrected chi connectivity index (χ3v) is 3.33. The Morgan fingerprint density at radius 2 is 2.39 bits per heavy atom. The van der Waals surface area contributed by atoms with E-state index >= 15 is 0 Å². The van der Waals surface area contributed by atoms with Gasteiger partial charge in [-0.1, -0.05) is 11.4 Å². The van der Waals surface area contributed by atoms with Crippen molar-refractivity contribution in [1.29, 1.82) is 0 Å². The molecule has 8 heteroatoms. The van der Waals surface area contributed by atoms with E-state index in [1.165, 1.54) is 11.5 Å². The molecule has 0 radical (unpaired) electrons. The van der Waals surface area contributed by atoms with Crippen LogP contribution in [0.1, 0.15) is 30.0 Å². The summed E-state index contributed by atoms with van der Waals surface area (Å²) in [5.41, 5.74) is 3.67. The van der Waals surface area contributed by atoms with Crippen LogP contribution in [0.25, 0.3) is 0 Å². The molecule has 0 spiro atoms. The van der Waals surface area contributed by atoms with Crippen LogP contribution in [-0.2, 0) is 6.54 Å². The summed E-state index contributed by atoms with van der Waals surface area (Å²) in [7, 11) is 1.62. The Morgan fingerprint density at radius 1 is 1.56 bits per heavy atom. The molecular weight excluding hydrogens is 252 g/mol. The molecule has 0 aliphatic rings. The summed E-state index contributed by atoms with van der Waals surface area (Å²) in [4.78, 5) is 0.925. The first kappa shape index (κ1) is 12.9. The largest absolute Gasteiger partial charge is 0.493 e. The summed E-state index contributed by atoms with van der Waals surface area (Å²) >= 11 is 1.30. The van der Waals surface area contributed by atoms with E-state index in [-0.39, 0.29) is 6.04 Å². The fourth-order valence-electron chi connectivity index (χ4n) is 1.81. The van der Waals surface area contributed by atoms with E-state index < -0.39 is 0 Å². The lowest BCUT2D eigenvalue weighted by Gasteiger charge is -2.16. The number of ether oxygens (including phenoxy) is 1. The molecule has 98 valence electrons. The van der Waals surface area contributed by atoms with Gasteiger partial charge in [-0.15, -0.1) is 5.10 Å². The molecular formula is C10H16N6OS. The van der Waals surface area contributed by atoms with Crippen molar-refractivity contribution < 1.29 is 4.74 Å². The van der Waals surface area contributed by atoms with Crippen LogP contribution in [0.4, 0.5) is 0 Å². The standard InChI is InChI=1S/C10H16N6OS/c1-3-4-16-10(7(17-2)5-13-16)9(14-11)8-6-12-15-18-8/h5-6,9,14H,3-4,11H2,1-2H3. The fourth-order valence-corrected chi connectivity index (χ4v) is 2.38. The second-order valence-corrected chi connectivity index (χ2v) is 4.56. The molecule has 0 saturated heterocycles. The highest BCUT2D eigenvalue weighted by Gasteiger charge is 2.24. The lowest BCUT2D eigenvalue weighted by Crippen LogP contribution is -2.30. The minimum atomic E-state index is -0.214. The molecule has 18 heavy (non-hydrogen) atoms. The van der Waals surface area contributed by atoms with Gasteiger partial charge in [-0.05, 0) is 18.0 Å². The van der Waals surface area contributed by atoms with Crippen LogP contribution in [0.15, 0.2) is 12.4 Å². The smallest absolute Gasteiger partial charge is 0.162 e. The van der Waals surface area contributed by atoms with Crippen molar-refractivity contribution in [2.45, 2.75) is 25.9 Å². The maximum atomic E-state index is 5.65. The second-order valence-electron chi connectivity index (χ2n) is 3.74. The number of hydrogen-bond donors (Lipinski definition) is 2. The normalized spacial score (nSPS) is 12.6. The van der Waals surface area contributed by atoms with Gasteiger partial charge in [-0.3, -0.25) is 10.5 Å². The van der Waals surface area contributed by atoms with Crippen LogP contribution in [0.2, 0.25) is 0 Å². The van der Waals surface area contributed by atoms with Crippen molar-refractivity contribution in [2.75, 3.05) is 7.11 Å². The first-order valence-corrected chi connectivity index (χ1v) is 6.42. The van der Waals surface area contributed by atoms with E-state index in [1.807, 2.05) is 4.68 Å². The number of nitrogens with two attached hydrogens (primary N) is 1. The summed E-state index contributed by atoms with van der Waals surface area (Å²) in [6, 6.07) is -0.214. The SMILES string of the molecule is CCCn1ncc(OC)c1C(NN)c1cnns1. The summed E-state index contributed by atoms with van der Waals surface area (Å²) in [5.74, 6) is 6.36. The Hall–Kier alpha value is -1.51. The number of methoxy groups -OCH3 is 1. The van der Waals surface area contributed by atoms with Crippen LogP contribution in [0.5, 0.6) is 5.75 Å². The molecule has 0 aromatic carbocycles. The minimum absolute atomic E-state index is 0.214. The van der Waals surface area contributed by atoms with Crippen LogP contribution < -0.4 is 16.0 Å². The van der Waals surface area contributed by atoms with Crippen molar-refractivity contribution in [2.24, 2.45) is 5.84 Å². The first-order chi connectivity index (χ1) is 8.81. The number of hydrogen-bond acceptors (Lipinski definition) is 7. The summed E-state index contributed by atoms with van der Waals surface area (Å²) < 4.78 is 11.1. The molecule has 1 unspecified atom stereocenters. The Bertz CT molecular complexity index is 483. The number of nitrogens with zero attached hydrogens (tertiary/aromatic N) is 4. The van der Waals surface area contributed by atoms with Crippen molar-refractivity contribution in [3.05, 3.63) is 23.0 Å². The third kappa shape index (κ3) is 2.35. The lowest BCUT2D eigenvalue weighted by molar-refractivity contribution is 0.399. The molecule has 0 bridgehead atoms. The quantitative estimate of drug-likeness (QED) is 0.592. The third-order valence-electron chi connectivity index (χ3n) is 2.60. The van der Waals surface area contributed by atoms with Crippen LogP contribution >= 0.6 is 11.5 Å². The maximum Gasteiger partial charge on any atom is 0.162 e. The molecule has 0 saturated carbocycles. The van der Waals surface area contributed by atoms with E-state index in [4.69, 9.17) is 10.6 Å². The van der Waals surface area contributed by atoms with Gasteiger partial charge in [0.05, 0.1) is 24.4 Å². The summed E-state index contributed by atoms with van der Waals surface area (Å²) in [5, 5.41) is 8.15. The van der Waals surface area contributed by atoms with Crippen LogP contribution in [0, 0.1) is 0 Å². The lowest BCUT2D eigenvalue weighted by atomic mass is 10.2. The molecule has 1 atom stereocenters. The molecule has 2 rings (SSSR count). The topological polar surface area (TPSA) is 90.9 Å². The average Bonchev–Trinajstić information content (AvgIpc) is 3.02. The van der Waals surface area contributed by atoms with E-state index in [0.29, 0.717) is 5.75 Å². The zero-order valence-corrected chi connectivity index (χ0v) is 11.1. The van der Waals surface area contributed by atoms with Crippen molar-refractivity contribution in [3.8, 4) is 5.75 Å². The van der Waals surface area contributed by atoms with Gasteiger partial charge in [0.25, 0.3) is 0 Å². The molecule has 0 aliphatic carbocycles. The Morgan fingerprint density at radius 3 is 2.94 bits per heavy atom. The Kier molecular flexibility index (Phi) is 4.24. The molecule has 0 amide bonds. The van der Waals surface area contributed by atoms with E-state index in [0.717, 1.165) is 23.5 Å². The van der Waals surface area contributed by atoms with Gasteiger partial charge in [0.1, 0.15) is 11.7 Å². The number of aromatic nitrogens is 4. The summed E-state index contributed by atoms with van der Waals surface area (Å²) in [6.07, 6.45) is 4.37. The molecule has 7 nitrogen and oxygen atoms in total. The molecule has 2 heterocycles. The summed E-state index contributed by atoms with van der Waals surface area (Å²) in [6.45, 7) is 2.90. The monoisotopic (exact) mass is 268 g/mol. The van der Waals surface area contributed by atoms with Crippen LogP contribution in [0.3, 0.4) is 0 Å². The zero-order chi connectivity index (χ0) is 13.0. The van der Waals surface area contributed by atoms with E-state index in [1.54, 1.807) is 19.5 Å². The maximum absolute atomic E-state index is 5.65. The van der Waals surface area contributed by atoms with Crippen molar-refractivity contribution in [3.63, 3.8) is 0 Å². The molecule has 0 aliphatic heterocycles. The average molecular weight is 268 g/mol. The van der Waals surface area contributed by atoms with Crippen molar-refractivity contribution >= 4 is 11.5 Å². The van der Waals surface area contributed by atoms with Gasteiger partial charge in [0, 0.05) is 6.54 Å². The number of hydrazine groups is 1. The van der Waals surface area contributed by atoms with Gasteiger partial charge in [0.2, 0.25) is 0 Å². The second kappa shape index (κ2) is 5.89. The zero-order valence-electron chi connectivity index (χ0n) is 10.3. The first-order valence-electron chi connectivity index (χ1n) is 5.64. The van der Waals surface area contributed by atoms with Gasteiger partial charge < -0.3 is 4.74 Å². The number of aryl methyl sites for hydroxylation is 1. The predicted octanol–water partition coefficient (Wildman–Crippen LogP) is 0.706. The predicted molar refractivity (Wildman–Crippen MR) is 68.1 cm³/mol. The molecule has 0 fully saturated rings. The number of nitrogens with one attached hydrogen (secondary N) is 1.